The Kier molecular flexibility index (Phi) is 8.13. The van der Waals surface area contributed by atoms with Crippen LogP contribution in [0, 0.1) is 5.92 Å². The first-order valence-electron chi connectivity index (χ1n) is 7.48. The van der Waals surface area contributed by atoms with Crippen molar-refractivity contribution in [2.45, 2.75) is 38.8 Å². The first-order valence-corrected chi connectivity index (χ1v) is 7.48. The molecule has 20 heavy (non-hydrogen) atoms. The van der Waals surface area contributed by atoms with Gasteiger partial charge in [0.2, 0.25) is 0 Å². The topological polar surface area (TPSA) is 48.9 Å². The summed E-state index contributed by atoms with van der Waals surface area (Å²) in [5.74, 6) is 1.63. The number of guanidine groups is 1. The van der Waals surface area contributed by atoms with Crippen LogP contribution in [0.15, 0.2) is 4.99 Å². The highest BCUT2D eigenvalue weighted by Gasteiger charge is 2.24. The Hall–Kier alpha value is -0.0800. The van der Waals surface area contributed by atoms with Crippen molar-refractivity contribution in [3.8, 4) is 0 Å². The molecule has 0 amide bonds. The predicted octanol–water partition coefficient (Wildman–Crippen LogP) is 1.29. The number of morpholine rings is 1. The van der Waals surface area contributed by atoms with E-state index in [9.17, 15) is 0 Å². The third-order valence-corrected chi connectivity index (χ3v) is 3.49. The van der Waals surface area contributed by atoms with E-state index >= 15 is 0 Å². The SMILES string of the molecule is CN=C(NCC1CN(CC(C)C)CCO1)NC1CC1.I. The number of halogens is 1. The predicted molar refractivity (Wildman–Crippen MR) is 94.0 cm³/mol. The molecule has 1 aliphatic carbocycles. The Morgan fingerprint density at radius 2 is 2.15 bits per heavy atom. The lowest BCUT2D eigenvalue weighted by Gasteiger charge is -2.34. The lowest BCUT2D eigenvalue weighted by Crippen LogP contribution is -2.50. The molecule has 0 aromatic heterocycles. The Bertz CT molecular complexity index is 308. The Labute approximate surface area is 139 Å². The van der Waals surface area contributed by atoms with Crippen LogP contribution in [0.4, 0.5) is 0 Å². The molecule has 118 valence electrons. The van der Waals surface area contributed by atoms with Gasteiger partial charge in [-0.1, -0.05) is 13.8 Å². The first kappa shape index (κ1) is 18.0. The molecule has 0 spiro atoms. The molecule has 2 aliphatic rings. The Morgan fingerprint density at radius 3 is 2.75 bits per heavy atom. The zero-order chi connectivity index (χ0) is 13.7. The number of ether oxygens (including phenoxy) is 1. The van der Waals surface area contributed by atoms with E-state index in [1.165, 1.54) is 12.8 Å². The highest BCUT2D eigenvalue weighted by molar-refractivity contribution is 14.0. The number of nitrogens with zero attached hydrogens (tertiary/aromatic N) is 2. The van der Waals surface area contributed by atoms with Gasteiger partial charge in [0.25, 0.3) is 0 Å². The van der Waals surface area contributed by atoms with Crippen molar-refractivity contribution in [1.82, 2.24) is 15.5 Å². The van der Waals surface area contributed by atoms with Gasteiger partial charge in [-0.05, 0) is 18.8 Å². The van der Waals surface area contributed by atoms with E-state index in [0.717, 1.165) is 44.7 Å². The highest BCUT2D eigenvalue weighted by atomic mass is 127. The fourth-order valence-corrected chi connectivity index (χ4v) is 2.41. The quantitative estimate of drug-likeness (QED) is 0.418. The summed E-state index contributed by atoms with van der Waals surface area (Å²) in [6, 6.07) is 0.635. The van der Waals surface area contributed by atoms with Gasteiger partial charge in [0, 0.05) is 39.3 Å². The third-order valence-electron chi connectivity index (χ3n) is 3.49. The van der Waals surface area contributed by atoms with Crippen molar-refractivity contribution in [2.24, 2.45) is 10.9 Å². The molecule has 5 nitrogen and oxygen atoms in total. The molecule has 2 N–H and O–H groups in total. The summed E-state index contributed by atoms with van der Waals surface area (Å²) < 4.78 is 5.82. The largest absolute Gasteiger partial charge is 0.374 e. The molecular formula is C14H29IN4O. The van der Waals surface area contributed by atoms with Gasteiger partial charge >= 0.3 is 0 Å². The summed E-state index contributed by atoms with van der Waals surface area (Å²) in [6.07, 6.45) is 2.80. The van der Waals surface area contributed by atoms with Gasteiger partial charge in [-0.3, -0.25) is 9.89 Å². The molecule has 1 aliphatic heterocycles. The molecule has 2 fully saturated rings. The van der Waals surface area contributed by atoms with E-state index in [1.807, 2.05) is 7.05 Å². The lowest BCUT2D eigenvalue weighted by molar-refractivity contribution is -0.0284. The molecule has 1 atom stereocenters. The summed E-state index contributed by atoms with van der Waals surface area (Å²) in [5.41, 5.74) is 0. The number of aliphatic imine (C=N–C) groups is 1. The monoisotopic (exact) mass is 396 g/mol. The summed E-state index contributed by atoms with van der Waals surface area (Å²) in [6.45, 7) is 9.45. The van der Waals surface area contributed by atoms with E-state index in [4.69, 9.17) is 4.74 Å². The van der Waals surface area contributed by atoms with Crippen LogP contribution < -0.4 is 10.6 Å². The number of hydrogen-bond acceptors (Lipinski definition) is 3. The Morgan fingerprint density at radius 1 is 1.40 bits per heavy atom. The Balaban J connectivity index is 0.00000200. The van der Waals surface area contributed by atoms with Gasteiger partial charge in [-0.15, -0.1) is 24.0 Å². The molecule has 1 saturated carbocycles. The van der Waals surface area contributed by atoms with Crippen LogP contribution in [-0.2, 0) is 4.74 Å². The number of nitrogens with one attached hydrogen (secondary N) is 2. The van der Waals surface area contributed by atoms with Crippen LogP contribution in [-0.4, -0.2) is 62.8 Å². The van der Waals surface area contributed by atoms with E-state index in [2.05, 4.69) is 34.4 Å². The summed E-state index contributed by atoms with van der Waals surface area (Å²) in [7, 11) is 1.82. The zero-order valence-electron chi connectivity index (χ0n) is 12.9. The minimum Gasteiger partial charge on any atom is -0.374 e. The van der Waals surface area contributed by atoms with Crippen molar-refractivity contribution in [3.63, 3.8) is 0 Å². The van der Waals surface area contributed by atoms with Crippen molar-refractivity contribution >= 4 is 29.9 Å². The van der Waals surface area contributed by atoms with E-state index in [1.54, 1.807) is 0 Å². The summed E-state index contributed by atoms with van der Waals surface area (Å²) in [4.78, 5) is 6.74. The van der Waals surface area contributed by atoms with Crippen LogP contribution in [0.25, 0.3) is 0 Å². The van der Waals surface area contributed by atoms with Gasteiger partial charge in [0.05, 0.1) is 12.7 Å². The fourth-order valence-electron chi connectivity index (χ4n) is 2.41. The van der Waals surface area contributed by atoms with Crippen molar-refractivity contribution in [3.05, 3.63) is 0 Å². The maximum absolute atomic E-state index is 5.82. The lowest BCUT2D eigenvalue weighted by atomic mass is 10.2. The molecule has 0 radical (unpaired) electrons. The van der Waals surface area contributed by atoms with Gasteiger partial charge in [-0.2, -0.15) is 0 Å². The van der Waals surface area contributed by atoms with Gasteiger partial charge in [0.1, 0.15) is 0 Å². The smallest absolute Gasteiger partial charge is 0.191 e. The van der Waals surface area contributed by atoms with Crippen molar-refractivity contribution in [2.75, 3.05) is 39.8 Å². The van der Waals surface area contributed by atoms with Gasteiger partial charge in [0.15, 0.2) is 5.96 Å². The van der Waals surface area contributed by atoms with Crippen LogP contribution in [0.1, 0.15) is 26.7 Å². The standard InChI is InChI=1S/C14H28N4O.HI/c1-11(2)9-18-6-7-19-13(10-18)8-16-14(15-3)17-12-4-5-12;/h11-13H,4-10H2,1-3H3,(H2,15,16,17);1H. The van der Waals surface area contributed by atoms with Gasteiger partial charge < -0.3 is 15.4 Å². The number of rotatable bonds is 5. The van der Waals surface area contributed by atoms with E-state index in [-0.39, 0.29) is 30.1 Å². The molecule has 0 aromatic carbocycles. The minimum absolute atomic E-state index is 0. The molecule has 0 aromatic rings. The van der Waals surface area contributed by atoms with E-state index in [0.29, 0.717) is 6.04 Å². The first-order chi connectivity index (χ1) is 9.17. The van der Waals surface area contributed by atoms with Gasteiger partial charge in [-0.25, -0.2) is 0 Å². The molecule has 1 saturated heterocycles. The average Bonchev–Trinajstić information content (AvgIpc) is 3.18. The summed E-state index contributed by atoms with van der Waals surface area (Å²) in [5, 5.41) is 6.76. The minimum atomic E-state index is 0. The average molecular weight is 396 g/mol. The van der Waals surface area contributed by atoms with Crippen LogP contribution in [0.5, 0.6) is 0 Å². The number of hydrogen-bond donors (Lipinski definition) is 2. The van der Waals surface area contributed by atoms with Crippen LogP contribution in [0.2, 0.25) is 0 Å². The van der Waals surface area contributed by atoms with Crippen LogP contribution in [0.3, 0.4) is 0 Å². The van der Waals surface area contributed by atoms with Crippen LogP contribution >= 0.6 is 24.0 Å². The zero-order valence-corrected chi connectivity index (χ0v) is 15.2. The molecule has 2 rings (SSSR count). The molecule has 6 heteroatoms. The molecular weight excluding hydrogens is 367 g/mol. The normalized spacial score (nSPS) is 24.4. The fraction of sp³-hybridized carbons (Fsp3) is 0.929. The molecule has 1 unspecified atom stereocenters. The molecule has 1 heterocycles. The summed E-state index contributed by atoms with van der Waals surface area (Å²) >= 11 is 0. The third kappa shape index (κ3) is 6.58. The second-order valence-electron chi connectivity index (χ2n) is 6.02. The molecule has 0 bridgehead atoms. The maximum Gasteiger partial charge on any atom is 0.191 e. The van der Waals surface area contributed by atoms with E-state index < -0.39 is 0 Å². The second kappa shape index (κ2) is 9.04. The van der Waals surface area contributed by atoms with Crippen molar-refractivity contribution < 1.29 is 4.74 Å². The second-order valence-corrected chi connectivity index (χ2v) is 6.02. The highest BCUT2D eigenvalue weighted by Crippen LogP contribution is 2.18. The van der Waals surface area contributed by atoms with Crippen molar-refractivity contribution in [1.29, 1.82) is 0 Å². The maximum atomic E-state index is 5.82.